The van der Waals surface area contributed by atoms with Gasteiger partial charge < -0.3 is 10.1 Å². The number of ether oxygens (including phenoxy) is 1. The Balaban J connectivity index is 1.53. The number of rotatable bonds is 8. The van der Waals surface area contributed by atoms with Crippen molar-refractivity contribution >= 4 is 23.4 Å². The van der Waals surface area contributed by atoms with Crippen molar-refractivity contribution in [3.05, 3.63) is 95.8 Å². The molecule has 0 aliphatic rings. The molecule has 1 aromatic heterocycles. The number of aromatic nitrogens is 3. The van der Waals surface area contributed by atoms with Crippen molar-refractivity contribution in [3.63, 3.8) is 0 Å². The van der Waals surface area contributed by atoms with Gasteiger partial charge in [-0.15, -0.1) is 10.2 Å². The van der Waals surface area contributed by atoms with Gasteiger partial charge in [0.2, 0.25) is 5.91 Å². The summed E-state index contributed by atoms with van der Waals surface area (Å²) in [5, 5.41) is 11.7. The molecule has 35 heavy (non-hydrogen) atoms. The van der Waals surface area contributed by atoms with Gasteiger partial charge in [0.1, 0.15) is 11.6 Å². The summed E-state index contributed by atoms with van der Waals surface area (Å²) in [7, 11) is 1.56. The Morgan fingerprint density at radius 1 is 1.00 bits per heavy atom. The second-order valence-electron chi connectivity index (χ2n) is 7.51. The third kappa shape index (κ3) is 6.21. The van der Waals surface area contributed by atoms with E-state index in [4.69, 9.17) is 4.74 Å². The summed E-state index contributed by atoms with van der Waals surface area (Å²) >= 11 is 1.19. The zero-order valence-corrected chi connectivity index (χ0v) is 19.4. The topological polar surface area (TPSA) is 69.0 Å². The lowest BCUT2D eigenvalue weighted by atomic mass is 10.1. The minimum absolute atomic E-state index is 0.0700. The SMILES string of the molecule is COc1ccc(NC(=O)CSc2nnc(Cc3cccc(C(F)(F)F)c3)n2-c2ccccc2)cc1. The molecule has 0 atom stereocenters. The van der Waals surface area contributed by atoms with E-state index in [1.807, 2.05) is 30.3 Å². The molecule has 4 rings (SSSR count). The fraction of sp³-hybridized carbons (Fsp3) is 0.160. The average Bonchev–Trinajstić information content (AvgIpc) is 3.25. The highest BCUT2D eigenvalue weighted by Gasteiger charge is 2.30. The smallest absolute Gasteiger partial charge is 0.416 e. The molecule has 0 aliphatic heterocycles. The Morgan fingerprint density at radius 3 is 2.43 bits per heavy atom. The highest BCUT2D eigenvalue weighted by Crippen LogP contribution is 2.30. The van der Waals surface area contributed by atoms with Gasteiger partial charge in [-0.2, -0.15) is 13.2 Å². The molecule has 10 heteroatoms. The van der Waals surface area contributed by atoms with Crippen LogP contribution in [-0.4, -0.2) is 33.5 Å². The summed E-state index contributed by atoms with van der Waals surface area (Å²) in [5.41, 5.74) is 1.12. The fourth-order valence-electron chi connectivity index (χ4n) is 3.39. The van der Waals surface area contributed by atoms with Crippen LogP contribution in [0.25, 0.3) is 5.69 Å². The number of hydrogen-bond acceptors (Lipinski definition) is 5. The van der Waals surface area contributed by atoms with Crippen LogP contribution in [0.1, 0.15) is 17.0 Å². The van der Waals surface area contributed by atoms with E-state index in [0.29, 0.717) is 28.0 Å². The molecule has 180 valence electrons. The molecule has 3 aromatic carbocycles. The van der Waals surface area contributed by atoms with Gasteiger partial charge in [-0.3, -0.25) is 9.36 Å². The van der Waals surface area contributed by atoms with Crippen molar-refractivity contribution in [3.8, 4) is 11.4 Å². The minimum atomic E-state index is -4.43. The number of hydrogen-bond donors (Lipinski definition) is 1. The summed E-state index contributed by atoms with van der Waals surface area (Å²) in [6.07, 6.45) is -4.29. The van der Waals surface area contributed by atoms with E-state index in [1.165, 1.54) is 17.8 Å². The number of nitrogens with one attached hydrogen (secondary N) is 1. The zero-order chi connectivity index (χ0) is 24.8. The van der Waals surface area contributed by atoms with Crippen molar-refractivity contribution in [2.75, 3.05) is 18.2 Å². The summed E-state index contributed by atoms with van der Waals surface area (Å²) < 4.78 is 46.3. The maximum atomic E-state index is 13.1. The third-order valence-corrected chi connectivity index (χ3v) is 5.97. The Bertz CT molecular complexity index is 1290. The van der Waals surface area contributed by atoms with E-state index in [-0.39, 0.29) is 18.1 Å². The van der Waals surface area contributed by atoms with Crippen LogP contribution < -0.4 is 10.1 Å². The first-order chi connectivity index (χ1) is 16.8. The van der Waals surface area contributed by atoms with Crippen LogP contribution in [0.15, 0.2) is 84.0 Å². The first kappa shape index (κ1) is 24.3. The molecule has 0 saturated carbocycles. The lowest BCUT2D eigenvalue weighted by Gasteiger charge is -2.12. The molecular formula is C25H21F3N4O2S. The Kier molecular flexibility index (Phi) is 7.40. The number of benzene rings is 3. The highest BCUT2D eigenvalue weighted by molar-refractivity contribution is 7.99. The van der Waals surface area contributed by atoms with E-state index in [9.17, 15) is 18.0 Å². The third-order valence-electron chi connectivity index (χ3n) is 5.04. The van der Waals surface area contributed by atoms with Gasteiger partial charge in [-0.25, -0.2) is 0 Å². The lowest BCUT2D eigenvalue weighted by molar-refractivity contribution is -0.137. The molecule has 0 fully saturated rings. The van der Waals surface area contributed by atoms with E-state index in [0.717, 1.165) is 17.8 Å². The van der Waals surface area contributed by atoms with Gasteiger partial charge in [-0.05, 0) is 48.0 Å². The van der Waals surface area contributed by atoms with Crippen LogP contribution >= 0.6 is 11.8 Å². The lowest BCUT2D eigenvalue weighted by Crippen LogP contribution is -2.14. The quantitative estimate of drug-likeness (QED) is 0.320. The summed E-state index contributed by atoms with van der Waals surface area (Å²) in [6.45, 7) is 0. The first-order valence-corrected chi connectivity index (χ1v) is 11.5. The van der Waals surface area contributed by atoms with Crippen LogP contribution in [0.5, 0.6) is 5.75 Å². The summed E-state index contributed by atoms with van der Waals surface area (Å²) in [6, 6.07) is 21.3. The van der Waals surface area contributed by atoms with E-state index in [1.54, 1.807) is 42.0 Å². The number of halogens is 3. The Hall–Kier alpha value is -3.79. The predicted molar refractivity (Wildman–Crippen MR) is 128 cm³/mol. The van der Waals surface area contributed by atoms with Gasteiger partial charge in [0.25, 0.3) is 0 Å². The normalized spacial score (nSPS) is 11.3. The molecular weight excluding hydrogens is 477 g/mol. The molecule has 1 heterocycles. The number of carbonyl (C=O) groups excluding carboxylic acids is 1. The maximum absolute atomic E-state index is 13.1. The van der Waals surface area contributed by atoms with Gasteiger partial charge >= 0.3 is 6.18 Å². The van der Waals surface area contributed by atoms with Crippen molar-refractivity contribution in [1.29, 1.82) is 0 Å². The van der Waals surface area contributed by atoms with Crippen LogP contribution in [-0.2, 0) is 17.4 Å². The highest BCUT2D eigenvalue weighted by atomic mass is 32.2. The average molecular weight is 499 g/mol. The zero-order valence-electron chi connectivity index (χ0n) is 18.6. The maximum Gasteiger partial charge on any atom is 0.416 e. The van der Waals surface area contributed by atoms with Crippen molar-refractivity contribution in [2.45, 2.75) is 17.8 Å². The van der Waals surface area contributed by atoms with E-state index in [2.05, 4.69) is 15.5 Å². The van der Waals surface area contributed by atoms with Crippen LogP contribution in [0.2, 0.25) is 0 Å². The van der Waals surface area contributed by atoms with Gasteiger partial charge in [-0.1, -0.05) is 48.2 Å². The minimum Gasteiger partial charge on any atom is -0.497 e. The van der Waals surface area contributed by atoms with Crippen molar-refractivity contribution < 1.29 is 22.7 Å². The number of nitrogens with zero attached hydrogens (tertiary/aromatic N) is 3. The number of carbonyl (C=O) groups is 1. The molecule has 0 unspecified atom stereocenters. The van der Waals surface area contributed by atoms with Crippen LogP contribution in [0, 0.1) is 0 Å². The molecule has 1 amide bonds. The Labute approximate surface area is 204 Å². The fourth-order valence-corrected chi connectivity index (χ4v) is 4.16. The number of alkyl halides is 3. The second-order valence-corrected chi connectivity index (χ2v) is 8.45. The standard InChI is InChI=1S/C25H21F3N4O2S/c1-34-21-12-10-19(11-13-21)29-23(33)16-35-24-31-30-22(32(24)20-8-3-2-4-9-20)15-17-6-5-7-18(14-17)25(26,27)28/h2-14H,15-16H2,1H3,(H,29,33). The van der Waals surface area contributed by atoms with Gasteiger partial charge in [0, 0.05) is 17.8 Å². The predicted octanol–water partition coefficient (Wildman–Crippen LogP) is 5.62. The molecule has 1 N–H and O–H groups in total. The van der Waals surface area contributed by atoms with Crippen molar-refractivity contribution in [1.82, 2.24) is 14.8 Å². The van der Waals surface area contributed by atoms with Gasteiger partial charge in [0.15, 0.2) is 5.16 Å². The summed E-state index contributed by atoms with van der Waals surface area (Å²) in [4.78, 5) is 12.5. The second kappa shape index (κ2) is 10.6. The molecule has 0 aliphatic carbocycles. The molecule has 6 nitrogen and oxygen atoms in total. The van der Waals surface area contributed by atoms with E-state index >= 15 is 0 Å². The molecule has 4 aromatic rings. The molecule has 0 saturated heterocycles. The van der Waals surface area contributed by atoms with Crippen LogP contribution in [0.3, 0.4) is 0 Å². The molecule has 0 spiro atoms. The monoisotopic (exact) mass is 498 g/mol. The number of thioether (sulfide) groups is 1. The van der Waals surface area contributed by atoms with Crippen LogP contribution in [0.4, 0.5) is 18.9 Å². The van der Waals surface area contributed by atoms with Gasteiger partial charge in [0.05, 0.1) is 18.4 Å². The Morgan fingerprint density at radius 2 is 1.74 bits per heavy atom. The molecule has 0 radical (unpaired) electrons. The first-order valence-electron chi connectivity index (χ1n) is 10.6. The molecule has 0 bridgehead atoms. The summed E-state index contributed by atoms with van der Waals surface area (Å²) in [5.74, 6) is 0.984. The number of para-hydroxylation sites is 1. The van der Waals surface area contributed by atoms with Crippen molar-refractivity contribution in [2.24, 2.45) is 0 Å². The largest absolute Gasteiger partial charge is 0.497 e. The number of methoxy groups -OCH3 is 1. The number of amides is 1. The number of anilines is 1. The van der Waals surface area contributed by atoms with E-state index < -0.39 is 11.7 Å².